The van der Waals surface area contributed by atoms with Gasteiger partial charge in [-0.25, -0.2) is 0 Å². The van der Waals surface area contributed by atoms with E-state index in [1.165, 1.54) is 24.0 Å². The highest BCUT2D eigenvalue weighted by Gasteiger charge is 2.27. The van der Waals surface area contributed by atoms with Crippen molar-refractivity contribution in [3.8, 4) is 0 Å². The van der Waals surface area contributed by atoms with Gasteiger partial charge in [-0.05, 0) is 62.3 Å². The second kappa shape index (κ2) is 6.06. The third-order valence-corrected chi connectivity index (χ3v) is 4.65. The number of nitrogens with one attached hydrogen (secondary N) is 1. The molecular weight excluding hydrogens is 262 g/mol. The van der Waals surface area contributed by atoms with Crippen LogP contribution in [0.25, 0.3) is 0 Å². The second-order valence-electron chi connectivity index (χ2n) is 6.37. The summed E-state index contributed by atoms with van der Waals surface area (Å²) in [7, 11) is 0. The topological polar surface area (TPSA) is 58.4 Å². The fourth-order valence-corrected chi connectivity index (χ4v) is 3.14. The van der Waals surface area contributed by atoms with Crippen LogP contribution in [-0.2, 0) is 11.3 Å². The number of nitrogens with zero attached hydrogens (tertiary/aromatic N) is 1. The molecule has 114 valence electrons. The van der Waals surface area contributed by atoms with Gasteiger partial charge in [0.15, 0.2) is 0 Å². The Morgan fingerprint density at radius 3 is 2.81 bits per heavy atom. The average Bonchev–Trinajstić information content (AvgIpc) is 3.30. The van der Waals surface area contributed by atoms with Crippen molar-refractivity contribution in [2.45, 2.75) is 57.7 Å². The Kier molecular flexibility index (Phi) is 4.15. The molecule has 0 radical (unpaired) electrons. The number of hydrogen-bond acceptors (Lipinski definition) is 3. The van der Waals surface area contributed by atoms with E-state index in [9.17, 15) is 4.79 Å². The van der Waals surface area contributed by atoms with E-state index in [4.69, 9.17) is 5.73 Å². The molecule has 1 atom stereocenters. The molecule has 1 unspecified atom stereocenters. The lowest BCUT2D eigenvalue weighted by atomic mass is 9.99. The first-order chi connectivity index (χ1) is 10.1. The van der Waals surface area contributed by atoms with Crippen molar-refractivity contribution < 1.29 is 4.79 Å². The van der Waals surface area contributed by atoms with Gasteiger partial charge in [0.1, 0.15) is 6.04 Å². The molecule has 0 bridgehead atoms. The Balaban J connectivity index is 1.74. The van der Waals surface area contributed by atoms with Crippen LogP contribution in [-0.4, -0.2) is 24.5 Å². The first-order valence-corrected chi connectivity index (χ1v) is 8.04. The van der Waals surface area contributed by atoms with Crippen LogP contribution in [0, 0.1) is 6.92 Å². The second-order valence-corrected chi connectivity index (χ2v) is 6.37. The number of carbonyl (C=O) groups excluding carboxylic acids is 1. The maximum absolute atomic E-state index is 11.6. The molecule has 3 rings (SSSR count). The summed E-state index contributed by atoms with van der Waals surface area (Å²) in [5.74, 6) is -0.202. The highest BCUT2D eigenvalue weighted by atomic mass is 16.1. The van der Waals surface area contributed by atoms with Gasteiger partial charge in [-0.3, -0.25) is 4.79 Å². The van der Waals surface area contributed by atoms with Crippen molar-refractivity contribution in [2.24, 2.45) is 5.73 Å². The minimum atomic E-state index is -0.202. The van der Waals surface area contributed by atoms with E-state index < -0.39 is 0 Å². The third kappa shape index (κ3) is 3.38. The number of piperidine rings is 1. The summed E-state index contributed by atoms with van der Waals surface area (Å²) in [6.45, 7) is 4.01. The molecule has 2 fully saturated rings. The summed E-state index contributed by atoms with van der Waals surface area (Å²) in [4.78, 5) is 13.8. The maximum atomic E-state index is 11.6. The molecule has 2 aliphatic rings. The number of benzene rings is 1. The Morgan fingerprint density at radius 2 is 2.14 bits per heavy atom. The maximum Gasteiger partial charge on any atom is 0.240 e. The zero-order valence-electron chi connectivity index (χ0n) is 12.8. The first kappa shape index (κ1) is 14.4. The van der Waals surface area contributed by atoms with Crippen LogP contribution < -0.4 is 16.0 Å². The van der Waals surface area contributed by atoms with Gasteiger partial charge in [-0.15, -0.1) is 0 Å². The molecule has 1 amide bonds. The lowest BCUT2D eigenvalue weighted by Gasteiger charge is -2.36. The molecule has 1 saturated carbocycles. The van der Waals surface area contributed by atoms with E-state index >= 15 is 0 Å². The molecule has 21 heavy (non-hydrogen) atoms. The largest absolute Gasteiger partial charge is 0.368 e. The number of anilines is 1. The van der Waals surface area contributed by atoms with Crippen LogP contribution in [0.1, 0.15) is 43.2 Å². The number of hydrogen-bond donors (Lipinski definition) is 2. The van der Waals surface area contributed by atoms with Crippen LogP contribution in [0.4, 0.5) is 5.69 Å². The van der Waals surface area contributed by atoms with Gasteiger partial charge in [0.05, 0.1) is 0 Å². The number of carbonyl (C=O) groups is 1. The van der Waals surface area contributed by atoms with Crippen molar-refractivity contribution in [1.29, 1.82) is 0 Å². The molecule has 1 aliphatic heterocycles. The van der Waals surface area contributed by atoms with E-state index in [0.29, 0.717) is 0 Å². The van der Waals surface area contributed by atoms with Gasteiger partial charge in [-0.2, -0.15) is 0 Å². The van der Waals surface area contributed by atoms with Gasteiger partial charge in [0.25, 0.3) is 0 Å². The van der Waals surface area contributed by atoms with Crippen molar-refractivity contribution in [2.75, 3.05) is 11.4 Å². The van der Waals surface area contributed by atoms with E-state index in [1.807, 2.05) is 0 Å². The molecule has 1 saturated heterocycles. The number of amides is 1. The standard InChI is InChI=1S/C17H25N3O/c1-12-10-15(8-5-13(12)11-19-14-6-7-14)20-9-3-2-4-16(20)17(18)21/h5,8,10,14,16,19H,2-4,6-7,9,11H2,1H3,(H2,18,21). The van der Waals surface area contributed by atoms with Crippen LogP contribution in [0.3, 0.4) is 0 Å². The van der Waals surface area contributed by atoms with Gasteiger partial charge in [0, 0.05) is 24.8 Å². The summed E-state index contributed by atoms with van der Waals surface area (Å²) in [5, 5.41) is 3.55. The normalized spacial score (nSPS) is 22.3. The number of primary amides is 1. The fraction of sp³-hybridized carbons (Fsp3) is 0.588. The number of aryl methyl sites for hydroxylation is 1. The number of rotatable bonds is 5. The monoisotopic (exact) mass is 287 g/mol. The molecule has 1 aliphatic carbocycles. The van der Waals surface area contributed by atoms with E-state index in [1.54, 1.807) is 0 Å². The number of nitrogens with two attached hydrogens (primary N) is 1. The van der Waals surface area contributed by atoms with Gasteiger partial charge in [0.2, 0.25) is 5.91 Å². The highest BCUT2D eigenvalue weighted by molar-refractivity contribution is 5.84. The van der Waals surface area contributed by atoms with Crippen molar-refractivity contribution >= 4 is 11.6 Å². The quantitative estimate of drug-likeness (QED) is 0.872. The summed E-state index contributed by atoms with van der Waals surface area (Å²) in [6, 6.07) is 7.11. The third-order valence-electron chi connectivity index (χ3n) is 4.65. The summed E-state index contributed by atoms with van der Waals surface area (Å²) >= 11 is 0. The van der Waals surface area contributed by atoms with Gasteiger partial charge >= 0.3 is 0 Å². The van der Waals surface area contributed by atoms with E-state index in [0.717, 1.165) is 44.1 Å². The zero-order chi connectivity index (χ0) is 14.8. The Labute approximate surface area is 126 Å². The van der Waals surface area contributed by atoms with Crippen molar-refractivity contribution in [1.82, 2.24) is 5.32 Å². The van der Waals surface area contributed by atoms with Crippen molar-refractivity contribution in [3.63, 3.8) is 0 Å². The Hall–Kier alpha value is -1.55. The summed E-state index contributed by atoms with van der Waals surface area (Å²) < 4.78 is 0. The predicted octanol–water partition coefficient (Wildman–Crippen LogP) is 2.09. The Bertz CT molecular complexity index is 525. The molecule has 4 nitrogen and oxygen atoms in total. The SMILES string of the molecule is Cc1cc(N2CCCCC2C(N)=O)ccc1CNC1CC1. The van der Waals surface area contributed by atoms with E-state index in [-0.39, 0.29) is 11.9 Å². The molecule has 1 aromatic rings. The van der Waals surface area contributed by atoms with Crippen LogP contribution >= 0.6 is 0 Å². The van der Waals surface area contributed by atoms with Crippen LogP contribution in [0.5, 0.6) is 0 Å². The molecule has 3 N–H and O–H groups in total. The van der Waals surface area contributed by atoms with Crippen LogP contribution in [0.15, 0.2) is 18.2 Å². The molecular formula is C17H25N3O. The zero-order valence-corrected chi connectivity index (χ0v) is 12.8. The highest BCUT2D eigenvalue weighted by Crippen LogP contribution is 2.27. The minimum absolute atomic E-state index is 0.145. The Morgan fingerprint density at radius 1 is 1.33 bits per heavy atom. The first-order valence-electron chi connectivity index (χ1n) is 8.04. The molecule has 0 aromatic heterocycles. The van der Waals surface area contributed by atoms with Gasteiger partial charge in [-0.1, -0.05) is 6.07 Å². The lowest BCUT2D eigenvalue weighted by Crippen LogP contribution is -2.47. The van der Waals surface area contributed by atoms with E-state index in [2.05, 4.69) is 35.3 Å². The summed E-state index contributed by atoms with van der Waals surface area (Å²) in [5.41, 5.74) is 9.32. The lowest BCUT2D eigenvalue weighted by molar-refractivity contribution is -0.119. The molecule has 0 spiro atoms. The van der Waals surface area contributed by atoms with Crippen LogP contribution in [0.2, 0.25) is 0 Å². The molecule has 1 aromatic carbocycles. The summed E-state index contributed by atoms with van der Waals surface area (Å²) in [6.07, 6.45) is 5.72. The minimum Gasteiger partial charge on any atom is -0.368 e. The predicted molar refractivity (Wildman–Crippen MR) is 85.2 cm³/mol. The fourth-order valence-electron chi connectivity index (χ4n) is 3.14. The smallest absolute Gasteiger partial charge is 0.240 e. The average molecular weight is 287 g/mol. The molecule has 1 heterocycles. The van der Waals surface area contributed by atoms with Crippen molar-refractivity contribution in [3.05, 3.63) is 29.3 Å². The van der Waals surface area contributed by atoms with Gasteiger partial charge < -0.3 is 16.0 Å². The molecule has 4 heteroatoms.